The molecule has 0 bridgehead atoms. The molecule has 4 rings (SSSR count). The van der Waals surface area contributed by atoms with E-state index in [4.69, 9.17) is 11.6 Å². The number of fused-ring (bicyclic) bond motifs is 1. The number of hydrogen-bond donors (Lipinski definition) is 1. The van der Waals surface area contributed by atoms with Crippen molar-refractivity contribution in [3.8, 4) is 0 Å². The molecule has 3 nitrogen and oxygen atoms in total. The molecule has 0 saturated heterocycles. The van der Waals surface area contributed by atoms with Crippen LogP contribution in [0.25, 0.3) is 16.5 Å². The molecule has 126 valence electrons. The van der Waals surface area contributed by atoms with Crippen LogP contribution in [0.3, 0.4) is 0 Å². The van der Waals surface area contributed by atoms with E-state index >= 15 is 0 Å². The van der Waals surface area contributed by atoms with Gasteiger partial charge in [0.2, 0.25) is 0 Å². The second-order valence-electron chi connectivity index (χ2n) is 6.13. The van der Waals surface area contributed by atoms with E-state index in [1.165, 1.54) is 17.7 Å². The summed E-state index contributed by atoms with van der Waals surface area (Å²) in [5.74, 6) is -0.536. The van der Waals surface area contributed by atoms with Gasteiger partial charge in [-0.05, 0) is 48.4 Å². The average Bonchev–Trinajstić information content (AvgIpc) is 3.04. The van der Waals surface area contributed by atoms with Gasteiger partial charge in [0.15, 0.2) is 0 Å². The molecule has 2 heterocycles. The second kappa shape index (κ2) is 6.37. The van der Waals surface area contributed by atoms with Crippen molar-refractivity contribution in [3.05, 3.63) is 76.7 Å². The average molecular weight is 355 g/mol. The molecule has 5 heteroatoms. The van der Waals surface area contributed by atoms with Crippen molar-refractivity contribution in [3.63, 3.8) is 0 Å². The van der Waals surface area contributed by atoms with Crippen molar-refractivity contribution < 1.29 is 9.18 Å². The fourth-order valence-electron chi connectivity index (χ4n) is 3.26. The Morgan fingerprint density at radius 2 is 2.08 bits per heavy atom. The molecule has 0 unspecified atom stereocenters. The van der Waals surface area contributed by atoms with Crippen LogP contribution in [0.15, 0.2) is 54.7 Å². The fraction of sp³-hybridized carbons (Fsp3) is 0.150. The first-order valence-corrected chi connectivity index (χ1v) is 8.50. The first kappa shape index (κ1) is 15.9. The zero-order valence-electron chi connectivity index (χ0n) is 13.4. The Hall–Kier alpha value is -2.59. The molecular weight excluding hydrogens is 339 g/mol. The van der Waals surface area contributed by atoms with Gasteiger partial charge < -0.3 is 9.88 Å². The summed E-state index contributed by atoms with van der Waals surface area (Å²) in [5, 5.41) is 1.79. The van der Waals surface area contributed by atoms with Gasteiger partial charge in [0.25, 0.3) is 5.91 Å². The first-order valence-electron chi connectivity index (χ1n) is 8.13. The summed E-state index contributed by atoms with van der Waals surface area (Å²) in [7, 11) is 0. The SMILES string of the molecule is O=C(c1cccc(F)c1)N1CC=C(c2c[nH]c3ccc(Cl)cc23)CC1. The minimum atomic E-state index is -0.394. The number of rotatable bonds is 2. The summed E-state index contributed by atoms with van der Waals surface area (Å²) in [6.45, 7) is 1.12. The van der Waals surface area contributed by atoms with Crippen molar-refractivity contribution in [2.45, 2.75) is 6.42 Å². The maximum Gasteiger partial charge on any atom is 0.254 e. The number of hydrogen-bond acceptors (Lipinski definition) is 1. The van der Waals surface area contributed by atoms with Crippen molar-refractivity contribution in [1.29, 1.82) is 0 Å². The van der Waals surface area contributed by atoms with E-state index in [-0.39, 0.29) is 5.91 Å². The summed E-state index contributed by atoms with van der Waals surface area (Å²) in [4.78, 5) is 17.5. The molecule has 1 aliphatic rings. The minimum absolute atomic E-state index is 0.142. The summed E-state index contributed by atoms with van der Waals surface area (Å²) in [6, 6.07) is 11.6. The highest BCUT2D eigenvalue weighted by Gasteiger charge is 2.20. The van der Waals surface area contributed by atoms with Crippen LogP contribution in [0.5, 0.6) is 0 Å². The first-order chi connectivity index (χ1) is 12.1. The Kier molecular flexibility index (Phi) is 4.06. The number of nitrogens with one attached hydrogen (secondary N) is 1. The zero-order valence-corrected chi connectivity index (χ0v) is 14.2. The van der Waals surface area contributed by atoms with Crippen LogP contribution in [0.2, 0.25) is 5.02 Å². The predicted octanol–water partition coefficient (Wildman–Crippen LogP) is 4.89. The van der Waals surface area contributed by atoms with Crippen LogP contribution >= 0.6 is 11.6 Å². The molecule has 0 fully saturated rings. The largest absolute Gasteiger partial charge is 0.361 e. The smallest absolute Gasteiger partial charge is 0.254 e. The van der Waals surface area contributed by atoms with Crippen LogP contribution in [-0.4, -0.2) is 28.9 Å². The molecule has 3 aromatic rings. The summed E-state index contributed by atoms with van der Waals surface area (Å²) >= 11 is 6.11. The lowest BCUT2D eigenvalue weighted by Gasteiger charge is -2.26. The Labute approximate surface area is 149 Å². The van der Waals surface area contributed by atoms with E-state index in [0.29, 0.717) is 23.7 Å². The van der Waals surface area contributed by atoms with Gasteiger partial charge >= 0.3 is 0 Å². The molecule has 0 saturated carbocycles. The lowest BCUT2D eigenvalue weighted by atomic mass is 9.98. The van der Waals surface area contributed by atoms with Crippen molar-refractivity contribution >= 4 is 34.0 Å². The molecule has 0 radical (unpaired) electrons. The van der Waals surface area contributed by atoms with Crippen molar-refractivity contribution in [2.75, 3.05) is 13.1 Å². The van der Waals surface area contributed by atoms with Crippen LogP contribution in [-0.2, 0) is 0 Å². The maximum absolute atomic E-state index is 13.3. The van der Waals surface area contributed by atoms with Gasteiger partial charge in [-0.1, -0.05) is 23.7 Å². The van der Waals surface area contributed by atoms with Crippen LogP contribution < -0.4 is 0 Å². The molecule has 0 spiro atoms. The molecule has 2 aromatic carbocycles. The molecule has 1 N–H and O–H groups in total. The Balaban J connectivity index is 1.57. The number of nitrogens with zero attached hydrogens (tertiary/aromatic N) is 1. The summed E-state index contributed by atoms with van der Waals surface area (Å²) < 4.78 is 13.3. The summed E-state index contributed by atoms with van der Waals surface area (Å²) in [5.41, 5.74) is 3.74. The number of carbonyl (C=O) groups excluding carboxylic acids is 1. The Morgan fingerprint density at radius 3 is 2.84 bits per heavy atom. The third-order valence-electron chi connectivity index (χ3n) is 4.56. The maximum atomic E-state index is 13.3. The fourth-order valence-corrected chi connectivity index (χ4v) is 3.43. The normalized spacial score (nSPS) is 14.6. The molecule has 0 atom stereocenters. The highest BCUT2D eigenvalue weighted by molar-refractivity contribution is 6.31. The second-order valence-corrected chi connectivity index (χ2v) is 6.57. The molecule has 25 heavy (non-hydrogen) atoms. The van der Waals surface area contributed by atoms with E-state index in [1.54, 1.807) is 17.0 Å². The highest BCUT2D eigenvalue weighted by atomic mass is 35.5. The third kappa shape index (κ3) is 3.05. The minimum Gasteiger partial charge on any atom is -0.361 e. The van der Waals surface area contributed by atoms with Crippen LogP contribution in [0, 0.1) is 5.82 Å². The van der Waals surface area contributed by atoms with E-state index in [2.05, 4.69) is 11.1 Å². The number of aromatic amines is 1. The zero-order chi connectivity index (χ0) is 17.4. The number of aromatic nitrogens is 1. The molecular formula is C20H16ClFN2O. The standard InChI is InChI=1S/C20H16ClFN2O/c21-15-4-5-19-17(11-15)18(12-23-19)13-6-8-24(9-7-13)20(25)14-2-1-3-16(22)10-14/h1-6,10-12,23H,7-9H2. The molecule has 1 aliphatic heterocycles. The van der Waals surface area contributed by atoms with E-state index in [9.17, 15) is 9.18 Å². The number of amides is 1. The van der Waals surface area contributed by atoms with Crippen molar-refractivity contribution in [2.24, 2.45) is 0 Å². The van der Waals surface area contributed by atoms with Crippen LogP contribution in [0.1, 0.15) is 22.3 Å². The van der Waals surface area contributed by atoms with Gasteiger partial charge in [-0.3, -0.25) is 4.79 Å². The van der Waals surface area contributed by atoms with Gasteiger partial charge in [0.05, 0.1) is 0 Å². The third-order valence-corrected chi connectivity index (χ3v) is 4.79. The number of benzene rings is 2. The highest BCUT2D eigenvalue weighted by Crippen LogP contribution is 2.31. The number of H-pyrrole nitrogens is 1. The molecule has 1 amide bonds. The van der Waals surface area contributed by atoms with Gasteiger partial charge in [-0.2, -0.15) is 0 Å². The Morgan fingerprint density at radius 1 is 1.20 bits per heavy atom. The van der Waals surface area contributed by atoms with E-state index in [0.717, 1.165) is 22.9 Å². The quantitative estimate of drug-likeness (QED) is 0.698. The number of carbonyl (C=O) groups is 1. The summed E-state index contributed by atoms with van der Waals surface area (Å²) in [6.07, 6.45) is 4.79. The van der Waals surface area contributed by atoms with E-state index in [1.807, 2.05) is 24.4 Å². The Bertz CT molecular complexity index is 992. The lowest BCUT2D eigenvalue weighted by molar-refractivity contribution is 0.0772. The molecule has 0 aliphatic carbocycles. The van der Waals surface area contributed by atoms with Crippen LogP contribution in [0.4, 0.5) is 4.39 Å². The lowest BCUT2D eigenvalue weighted by Crippen LogP contribution is -2.34. The topological polar surface area (TPSA) is 36.1 Å². The predicted molar refractivity (Wildman–Crippen MR) is 98.2 cm³/mol. The van der Waals surface area contributed by atoms with Gasteiger partial charge in [0, 0.05) is 46.3 Å². The van der Waals surface area contributed by atoms with Gasteiger partial charge in [-0.25, -0.2) is 4.39 Å². The monoisotopic (exact) mass is 354 g/mol. The molecule has 1 aromatic heterocycles. The van der Waals surface area contributed by atoms with Gasteiger partial charge in [-0.15, -0.1) is 0 Å². The van der Waals surface area contributed by atoms with Crippen molar-refractivity contribution in [1.82, 2.24) is 9.88 Å². The van der Waals surface area contributed by atoms with Gasteiger partial charge in [0.1, 0.15) is 5.82 Å². The number of halogens is 2. The van der Waals surface area contributed by atoms with E-state index < -0.39 is 5.82 Å².